The molecule has 3 nitrogen and oxygen atoms in total. The van der Waals surface area contributed by atoms with Crippen LogP contribution in [0.2, 0.25) is 0 Å². The highest BCUT2D eigenvalue weighted by Gasteiger charge is 1.93. The Morgan fingerprint density at radius 3 is 3.20 bits per heavy atom. The summed E-state index contributed by atoms with van der Waals surface area (Å²) in [7, 11) is 0. The third kappa shape index (κ3) is 2.41. The van der Waals surface area contributed by atoms with E-state index >= 15 is 0 Å². The summed E-state index contributed by atoms with van der Waals surface area (Å²) in [6.07, 6.45) is 3.30. The fraction of sp³-hybridized carbons (Fsp3) is 0.500. The van der Waals surface area contributed by atoms with Crippen LogP contribution in [0.15, 0.2) is 17.0 Å². The van der Waals surface area contributed by atoms with Crippen LogP contribution in [0.5, 0.6) is 0 Å². The predicted molar refractivity (Wildman–Crippen MR) is 39.8 cm³/mol. The van der Waals surface area contributed by atoms with Gasteiger partial charge in [0, 0.05) is 17.1 Å². The van der Waals surface area contributed by atoms with Crippen molar-refractivity contribution in [2.45, 2.75) is 5.75 Å². The average molecular weight is 159 g/mol. The van der Waals surface area contributed by atoms with Crippen molar-refractivity contribution in [3.63, 3.8) is 0 Å². The molecule has 0 saturated heterocycles. The molecule has 0 bridgehead atoms. The molecular weight excluding hydrogens is 150 g/mol. The van der Waals surface area contributed by atoms with Crippen molar-refractivity contribution < 1.29 is 9.63 Å². The van der Waals surface area contributed by atoms with E-state index in [0.29, 0.717) is 0 Å². The van der Waals surface area contributed by atoms with Gasteiger partial charge in [0.25, 0.3) is 0 Å². The van der Waals surface area contributed by atoms with Gasteiger partial charge in [-0.05, 0) is 0 Å². The van der Waals surface area contributed by atoms with Crippen molar-refractivity contribution in [3.8, 4) is 0 Å². The summed E-state index contributed by atoms with van der Waals surface area (Å²) in [4.78, 5) is 0. The summed E-state index contributed by atoms with van der Waals surface area (Å²) >= 11 is 1.66. The molecule has 56 valence electrons. The Balaban J connectivity index is 2.15. The van der Waals surface area contributed by atoms with Gasteiger partial charge < -0.3 is 9.63 Å². The first kappa shape index (κ1) is 7.63. The molecule has 1 aromatic rings. The van der Waals surface area contributed by atoms with E-state index in [2.05, 4.69) is 9.68 Å². The van der Waals surface area contributed by atoms with Crippen LogP contribution in [-0.4, -0.2) is 22.6 Å². The maximum Gasteiger partial charge on any atom is 0.127 e. The molecular formula is C6H9NO2S. The van der Waals surface area contributed by atoms with Crippen LogP contribution >= 0.6 is 11.8 Å². The van der Waals surface area contributed by atoms with Gasteiger partial charge in [-0.25, -0.2) is 0 Å². The van der Waals surface area contributed by atoms with Gasteiger partial charge in [-0.15, -0.1) is 0 Å². The molecule has 0 unspecified atom stereocenters. The minimum absolute atomic E-state index is 0.232. The van der Waals surface area contributed by atoms with E-state index in [0.717, 1.165) is 17.1 Å². The van der Waals surface area contributed by atoms with Crippen molar-refractivity contribution in [2.75, 3.05) is 12.4 Å². The van der Waals surface area contributed by atoms with Crippen LogP contribution in [0.3, 0.4) is 0 Å². The third-order valence-corrected chi connectivity index (χ3v) is 2.00. The lowest BCUT2D eigenvalue weighted by Gasteiger charge is -1.92. The van der Waals surface area contributed by atoms with Crippen LogP contribution in [-0.2, 0) is 5.75 Å². The lowest BCUT2D eigenvalue weighted by Crippen LogP contribution is -1.86. The molecule has 0 aliphatic rings. The van der Waals surface area contributed by atoms with E-state index < -0.39 is 0 Å². The summed E-state index contributed by atoms with van der Waals surface area (Å²) in [6.45, 7) is 0.232. The van der Waals surface area contributed by atoms with Crippen LogP contribution in [0.1, 0.15) is 5.56 Å². The fourth-order valence-corrected chi connectivity index (χ4v) is 1.20. The molecule has 1 rings (SSSR count). The van der Waals surface area contributed by atoms with Crippen molar-refractivity contribution in [2.24, 2.45) is 0 Å². The molecule has 0 saturated carbocycles. The quantitative estimate of drug-likeness (QED) is 0.663. The topological polar surface area (TPSA) is 46.3 Å². The average Bonchev–Trinajstić information content (AvgIpc) is 2.41. The molecule has 0 aromatic carbocycles. The van der Waals surface area contributed by atoms with E-state index in [1.165, 1.54) is 0 Å². The Hall–Kier alpha value is -0.480. The second kappa shape index (κ2) is 4.35. The summed E-state index contributed by atoms with van der Waals surface area (Å²) < 4.78 is 4.62. The monoisotopic (exact) mass is 159 g/mol. The SMILES string of the molecule is OCCSCc1cnoc1. The van der Waals surface area contributed by atoms with Crippen LogP contribution in [0.25, 0.3) is 0 Å². The minimum Gasteiger partial charge on any atom is -0.396 e. The standard InChI is InChI=1S/C6H9NO2S/c8-1-2-10-5-6-3-7-9-4-6/h3-4,8H,1-2,5H2. The maximum atomic E-state index is 8.43. The second-order valence-corrected chi connectivity index (χ2v) is 2.91. The van der Waals surface area contributed by atoms with Gasteiger partial charge in [0.05, 0.1) is 12.8 Å². The van der Waals surface area contributed by atoms with Crippen molar-refractivity contribution in [3.05, 3.63) is 18.0 Å². The molecule has 0 atom stereocenters. The molecule has 0 aliphatic heterocycles. The van der Waals surface area contributed by atoms with Gasteiger partial charge in [-0.3, -0.25) is 0 Å². The predicted octanol–water partition coefficient (Wildman–Crippen LogP) is 0.900. The molecule has 10 heavy (non-hydrogen) atoms. The van der Waals surface area contributed by atoms with Crippen LogP contribution in [0.4, 0.5) is 0 Å². The summed E-state index contributed by atoms with van der Waals surface area (Å²) in [5.41, 5.74) is 1.07. The van der Waals surface area contributed by atoms with Crippen molar-refractivity contribution in [1.29, 1.82) is 0 Å². The smallest absolute Gasteiger partial charge is 0.127 e. The number of aliphatic hydroxyl groups excluding tert-OH is 1. The number of aromatic nitrogens is 1. The van der Waals surface area contributed by atoms with E-state index in [4.69, 9.17) is 5.11 Å². The number of thioether (sulfide) groups is 1. The van der Waals surface area contributed by atoms with E-state index in [-0.39, 0.29) is 6.61 Å². The molecule has 0 amide bonds. The fourth-order valence-electron chi connectivity index (χ4n) is 0.553. The van der Waals surface area contributed by atoms with E-state index in [9.17, 15) is 0 Å². The summed E-state index contributed by atoms with van der Waals surface area (Å²) in [5, 5.41) is 12.0. The Kier molecular flexibility index (Phi) is 3.32. The van der Waals surface area contributed by atoms with Crippen LogP contribution in [0, 0.1) is 0 Å². The summed E-state index contributed by atoms with van der Waals surface area (Å²) in [6, 6.07) is 0. The molecule has 0 radical (unpaired) electrons. The lowest BCUT2D eigenvalue weighted by atomic mass is 10.4. The highest BCUT2D eigenvalue weighted by atomic mass is 32.2. The first-order valence-electron chi connectivity index (χ1n) is 3.00. The molecule has 1 N–H and O–H groups in total. The van der Waals surface area contributed by atoms with Gasteiger partial charge >= 0.3 is 0 Å². The third-order valence-electron chi connectivity index (χ3n) is 0.988. The van der Waals surface area contributed by atoms with Crippen LogP contribution < -0.4 is 0 Å². The number of hydrogen-bond acceptors (Lipinski definition) is 4. The first-order chi connectivity index (χ1) is 4.93. The Morgan fingerprint density at radius 1 is 1.70 bits per heavy atom. The van der Waals surface area contributed by atoms with Gasteiger partial charge in [0.1, 0.15) is 6.26 Å². The van der Waals surface area contributed by atoms with Crippen molar-refractivity contribution >= 4 is 11.8 Å². The summed E-state index contributed by atoms with van der Waals surface area (Å²) in [5.74, 6) is 1.63. The molecule has 1 aromatic heterocycles. The zero-order valence-corrected chi connectivity index (χ0v) is 6.30. The molecule has 4 heteroatoms. The maximum absolute atomic E-state index is 8.43. The minimum atomic E-state index is 0.232. The molecule has 0 fully saturated rings. The number of nitrogens with zero attached hydrogens (tertiary/aromatic N) is 1. The van der Waals surface area contributed by atoms with Crippen molar-refractivity contribution in [1.82, 2.24) is 5.16 Å². The van der Waals surface area contributed by atoms with Gasteiger partial charge in [0.2, 0.25) is 0 Å². The molecule has 0 spiro atoms. The highest BCUT2D eigenvalue weighted by Crippen LogP contribution is 2.09. The highest BCUT2D eigenvalue weighted by molar-refractivity contribution is 7.98. The zero-order chi connectivity index (χ0) is 7.23. The first-order valence-corrected chi connectivity index (χ1v) is 4.16. The van der Waals surface area contributed by atoms with E-state index in [1.54, 1.807) is 24.2 Å². The van der Waals surface area contributed by atoms with Gasteiger partial charge in [0.15, 0.2) is 0 Å². The Labute approximate surface area is 63.4 Å². The number of rotatable bonds is 4. The molecule has 1 heterocycles. The number of hydrogen-bond donors (Lipinski definition) is 1. The van der Waals surface area contributed by atoms with Gasteiger partial charge in [-0.2, -0.15) is 11.8 Å². The largest absolute Gasteiger partial charge is 0.396 e. The lowest BCUT2D eigenvalue weighted by molar-refractivity contribution is 0.322. The normalized spacial score (nSPS) is 10.1. The second-order valence-electron chi connectivity index (χ2n) is 1.81. The Bertz CT molecular complexity index is 164. The van der Waals surface area contributed by atoms with E-state index in [1.807, 2.05) is 0 Å². The number of aliphatic hydroxyl groups is 1. The zero-order valence-electron chi connectivity index (χ0n) is 5.49. The van der Waals surface area contributed by atoms with Gasteiger partial charge in [-0.1, -0.05) is 5.16 Å². The molecule has 0 aliphatic carbocycles. The Morgan fingerprint density at radius 2 is 2.60 bits per heavy atom.